The zero-order chi connectivity index (χ0) is 13.3. The van der Waals surface area contributed by atoms with E-state index in [4.69, 9.17) is 0 Å². The minimum absolute atomic E-state index is 0.148. The molecule has 0 aromatic heterocycles. The van der Waals surface area contributed by atoms with Gasteiger partial charge in [-0.25, -0.2) is 8.78 Å². The third-order valence-electron chi connectivity index (χ3n) is 3.59. The first kappa shape index (κ1) is 13.0. The molecule has 0 aliphatic carbocycles. The van der Waals surface area contributed by atoms with E-state index in [0.717, 1.165) is 31.4 Å². The van der Waals surface area contributed by atoms with Crippen molar-refractivity contribution in [1.29, 1.82) is 0 Å². The van der Waals surface area contributed by atoms with Gasteiger partial charge in [0.05, 0.1) is 0 Å². The van der Waals surface area contributed by atoms with Crippen LogP contribution in [0.5, 0.6) is 0 Å². The monoisotopic (exact) mass is 253 g/mol. The van der Waals surface area contributed by atoms with Gasteiger partial charge < -0.3 is 4.90 Å². The molecule has 1 aliphatic rings. The number of piperidine rings is 1. The van der Waals surface area contributed by atoms with Crippen LogP contribution in [-0.4, -0.2) is 22.9 Å². The molecular formula is C14H17F2NO. The van der Waals surface area contributed by atoms with Gasteiger partial charge in [0, 0.05) is 17.6 Å². The van der Waals surface area contributed by atoms with Gasteiger partial charge in [-0.05, 0) is 51.3 Å². The summed E-state index contributed by atoms with van der Waals surface area (Å²) < 4.78 is 26.0. The van der Waals surface area contributed by atoms with Crippen molar-refractivity contribution in [1.82, 2.24) is 4.90 Å². The van der Waals surface area contributed by atoms with Gasteiger partial charge in [-0.15, -0.1) is 0 Å². The number of carbonyl (C=O) groups is 1. The minimum atomic E-state index is -0.974. The summed E-state index contributed by atoms with van der Waals surface area (Å²) in [6.45, 7) is 3.99. The van der Waals surface area contributed by atoms with Crippen LogP contribution in [-0.2, 0) is 0 Å². The number of nitrogens with zero attached hydrogens (tertiary/aromatic N) is 1. The highest BCUT2D eigenvalue weighted by molar-refractivity contribution is 5.94. The van der Waals surface area contributed by atoms with E-state index in [9.17, 15) is 13.6 Å². The number of carbonyl (C=O) groups excluding carboxylic acids is 1. The maximum absolute atomic E-state index is 13.2. The molecule has 0 spiro atoms. The number of amides is 1. The molecule has 1 saturated heterocycles. The Labute approximate surface area is 106 Å². The zero-order valence-corrected chi connectivity index (χ0v) is 10.6. The fraction of sp³-hybridized carbons (Fsp3) is 0.500. The summed E-state index contributed by atoms with van der Waals surface area (Å²) in [6, 6.07) is 3.62. The lowest BCUT2D eigenvalue weighted by Gasteiger charge is -2.39. The molecule has 2 atom stereocenters. The minimum Gasteiger partial charge on any atom is -0.333 e. The van der Waals surface area contributed by atoms with Crippen LogP contribution >= 0.6 is 0 Å². The lowest BCUT2D eigenvalue weighted by molar-refractivity contribution is 0.0510. The van der Waals surface area contributed by atoms with Crippen molar-refractivity contribution in [2.24, 2.45) is 0 Å². The highest BCUT2D eigenvalue weighted by Crippen LogP contribution is 2.25. The maximum atomic E-state index is 13.2. The predicted molar refractivity (Wildman–Crippen MR) is 65.3 cm³/mol. The van der Waals surface area contributed by atoms with Crippen molar-refractivity contribution in [2.75, 3.05) is 0 Å². The average molecular weight is 253 g/mol. The molecule has 2 unspecified atom stereocenters. The van der Waals surface area contributed by atoms with Crippen LogP contribution < -0.4 is 0 Å². The van der Waals surface area contributed by atoms with Gasteiger partial charge in [0.1, 0.15) is 0 Å². The number of likely N-dealkylation sites (tertiary alicyclic amines) is 1. The van der Waals surface area contributed by atoms with Crippen LogP contribution in [0, 0.1) is 11.6 Å². The first-order valence-corrected chi connectivity index (χ1v) is 6.28. The Hall–Kier alpha value is -1.45. The van der Waals surface area contributed by atoms with Crippen molar-refractivity contribution in [3.63, 3.8) is 0 Å². The molecule has 4 heteroatoms. The van der Waals surface area contributed by atoms with Gasteiger partial charge >= 0.3 is 0 Å². The Morgan fingerprint density at radius 2 is 1.78 bits per heavy atom. The number of benzene rings is 1. The van der Waals surface area contributed by atoms with E-state index in [-0.39, 0.29) is 23.6 Å². The summed E-state index contributed by atoms with van der Waals surface area (Å²) in [5.74, 6) is -2.11. The van der Waals surface area contributed by atoms with Crippen molar-refractivity contribution >= 4 is 5.91 Å². The van der Waals surface area contributed by atoms with Crippen LogP contribution in [0.3, 0.4) is 0 Å². The van der Waals surface area contributed by atoms with Crippen LogP contribution in [0.15, 0.2) is 18.2 Å². The van der Waals surface area contributed by atoms with Crippen molar-refractivity contribution in [2.45, 2.75) is 45.2 Å². The number of halogens is 2. The van der Waals surface area contributed by atoms with Crippen molar-refractivity contribution in [3.05, 3.63) is 35.4 Å². The Bertz CT molecular complexity index is 451. The number of hydrogen-bond donors (Lipinski definition) is 0. The fourth-order valence-electron chi connectivity index (χ4n) is 2.60. The van der Waals surface area contributed by atoms with Crippen LogP contribution in [0.2, 0.25) is 0 Å². The van der Waals surface area contributed by atoms with Gasteiger partial charge in [0.15, 0.2) is 11.6 Å². The third kappa shape index (κ3) is 2.37. The lowest BCUT2D eigenvalue weighted by Crippen LogP contribution is -2.47. The quantitative estimate of drug-likeness (QED) is 0.751. The molecule has 1 aliphatic heterocycles. The number of rotatable bonds is 1. The zero-order valence-electron chi connectivity index (χ0n) is 10.6. The molecule has 0 saturated carbocycles. The van der Waals surface area contributed by atoms with Gasteiger partial charge in [-0.3, -0.25) is 4.79 Å². The Morgan fingerprint density at radius 3 is 2.33 bits per heavy atom. The summed E-state index contributed by atoms with van der Waals surface area (Å²) in [4.78, 5) is 14.1. The SMILES string of the molecule is CC1CCCC(C)N1C(=O)c1ccc(F)c(F)c1. The van der Waals surface area contributed by atoms with E-state index >= 15 is 0 Å². The van der Waals surface area contributed by atoms with Crippen LogP contribution in [0.25, 0.3) is 0 Å². The second-order valence-electron chi connectivity index (χ2n) is 4.97. The van der Waals surface area contributed by atoms with Crippen LogP contribution in [0.4, 0.5) is 8.78 Å². The summed E-state index contributed by atoms with van der Waals surface area (Å²) in [6.07, 6.45) is 3.02. The van der Waals surface area contributed by atoms with Gasteiger partial charge in [-0.1, -0.05) is 0 Å². The van der Waals surface area contributed by atoms with E-state index in [1.54, 1.807) is 4.90 Å². The van der Waals surface area contributed by atoms with E-state index in [2.05, 4.69) is 0 Å². The molecule has 1 amide bonds. The highest BCUT2D eigenvalue weighted by atomic mass is 19.2. The first-order valence-electron chi connectivity index (χ1n) is 6.28. The number of hydrogen-bond acceptors (Lipinski definition) is 1. The third-order valence-corrected chi connectivity index (χ3v) is 3.59. The molecule has 0 N–H and O–H groups in total. The molecule has 18 heavy (non-hydrogen) atoms. The first-order chi connectivity index (χ1) is 8.50. The smallest absolute Gasteiger partial charge is 0.254 e. The summed E-state index contributed by atoms with van der Waals surface area (Å²) in [5.41, 5.74) is 0.217. The molecule has 1 fully saturated rings. The highest BCUT2D eigenvalue weighted by Gasteiger charge is 2.29. The molecule has 2 rings (SSSR count). The molecule has 1 aromatic rings. The van der Waals surface area contributed by atoms with Crippen molar-refractivity contribution in [3.8, 4) is 0 Å². The molecule has 1 heterocycles. The molecule has 2 nitrogen and oxygen atoms in total. The summed E-state index contributed by atoms with van der Waals surface area (Å²) in [7, 11) is 0. The van der Waals surface area contributed by atoms with Crippen LogP contribution in [0.1, 0.15) is 43.5 Å². The second-order valence-corrected chi connectivity index (χ2v) is 4.97. The second kappa shape index (κ2) is 5.04. The largest absolute Gasteiger partial charge is 0.333 e. The topological polar surface area (TPSA) is 20.3 Å². The fourth-order valence-corrected chi connectivity index (χ4v) is 2.60. The van der Waals surface area contributed by atoms with E-state index in [1.165, 1.54) is 6.07 Å². The van der Waals surface area contributed by atoms with Gasteiger partial charge in [0.2, 0.25) is 0 Å². The molecule has 1 aromatic carbocycles. The van der Waals surface area contributed by atoms with E-state index < -0.39 is 11.6 Å². The standard InChI is InChI=1S/C14H17F2NO/c1-9-4-3-5-10(2)17(9)14(18)11-6-7-12(15)13(16)8-11/h6-10H,3-5H2,1-2H3. The van der Waals surface area contributed by atoms with Crippen molar-refractivity contribution < 1.29 is 13.6 Å². The molecular weight excluding hydrogens is 236 g/mol. The lowest BCUT2D eigenvalue weighted by atomic mass is 9.96. The van der Waals surface area contributed by atoms with E-state index in [1.807, 2.05) is 13.8 Å². The van der Waals surface area contributed by atoms with E-state index in [0.29, 0.717) is 0 Å². The Morgan fingerprint density at radius 1 is 1.17 bits per heavy atom. The Kier molecular flexibility index (Phi) is 3.64. The Balaban J connectivity index is 2.26. The normalized spacial score (nSPS) is 24.1. The van der Waals surface area contributed by atoms with Gasteiger partial charge in [-0.2, -0.15) is 0 Å². The molecule has 0 radical (unpaired) electrons. The molecule has 0 bridgehead atoms. The maximum Gasteiger partial charge on any atom is 0.254 e. The summed E-state index contributed by atoms with van der Waals surface area (Å²) >= 11 is 0. The molecule has 98 valence electrons. The average Bonchev–Trinajstić information content (AvgIpc) is 2.32. The van der Waals surface area contributed by atoms with Gasteiger partial charge in [0.25, 0.3) is 5.91 Å². The predicted octanol–water partition coefficient (Wildman–Crippen LogP) is 3.37. The summed E-state index contributed by atoms with van der Waals surface area (Å²) in [5, 5.41) is 0.